The van der Waals surface area contributed by atoms with Crippen LogP contribution < -0.4 is 10.9 Å². The van der Waals surface area contributed by atoms with Crippen LogP contribution in [0.15, 0.2) is 35.5 Å². The first-order chi connectivity index (χ1) is 18.1. The fourth-order valence-electron chi connectivity index (χ4n) is 5.88. The molecule has 7 rings (SSSR count). The number of fused-ring (bicyclic) bond motifs is 4. The minimum absolute atomic E-state index is 0.00373. The second kappa shape index (κ2) is 9.18. The molecule has 0 unspecified atom stereocenters. The molecule has 2 fully saturated rings. The van der Waals surface area contributed by atoms with Crippen molar-refractivity contribution in [1.82, 2.24) is 34.2 Å². The van der Waals surface area contributed by atoms with E-state index in [2.05, 4.69) is 37.4 Å². The molecule has 4 aromatic rings. The van der Waals surface area contributed by atoms with Crippen molar-refractivity contribution in [2.45, 2.75) is 70.3 Å². The normalized spacial score (nSPS) is 22.4. The van der Waals surface area contributed by atoms with Crippen LogP contribution in [0, 0.1) is 5.92 Å². The van der Waals surface area contributed by atoms with Gasteiger partial charge in [-0.05, 0) is 61.5 Å². The SMILES string of the molecule is O=c1c2cc(CN3CCn4ncnc4C3)ccc2c2cnc(NCC3CC3)nc2n1[C@H]1CC[C@H](O)CC1. The van der Waals surface area contributed by atoms with Gasteiger partial charge in [0.15, 0.2) is 0 Å². The van der Waals surface area contributed by atoms with Gasteiger partial charge >= 0.3 is 0 Å². The van der Waals surface area contributed by atoms with Gasteiger partial charge in [0, 0.05) is 42.6 Å². The molecule has 192 valence electrons. The monoisotopic (exact) mass is 500 g/mol. The number of aromatic nitrogens is 6. The third kappa shape index (κ3) is 4.38. The Morgan fingerprint density at radius 3 is 2.70 bits per heavy atom. The van der Waals surface area contributed by atoms with Crippen molar-refractivity contribution >= 4 is 27.8 Å². The third-order valence-electron chi connectivity index (χ3n) is 8.19. The van der Waals surface area contributed by atoms with Crippen LogP contribution in [-0.4, -0.2) is 58.5 Å². The topological polar surface area (TPSA) is 114 Å². The summed E-state index contributed by atoms with van der Waals surface area (Å²) in [6.45, 7) is 4.08. The van der Waals surface area contributed by atoms with Crippen molar-refractivity contribution in [3.63, 3.8) is 0 Å². The van der Waals surface area contributed by atoms with Crippen molar-refractivity contribution in [3.8, 4) is 0 Å². The molecular weight excluding hydrogens is 468 g/mol. The lowest BCUT2D eigenvalue weighted by Crippen LogP contribution is -2.34. The lowest BCUT2D eigenvalue weighted by atomic mass is 9.92. The lowest BCUT2D eigenvalue weighted by Gasteiger charge is -2.28. The van der Waals surface area contributed by atoms with E-state index in [9.17, 15) is 9.90 Å². The number of hydrogen-bond donors (Lipinski definition) is 2. The van der Waals surface area contributed by atoms with Gasteiger partial charge in [-0.1, -0.05) is 12.1 Å². The highest BCUT2D eigenvalue weighted by Crippen LogP contribution is 2.33. The van der Waals surface area contributed by atoms with E-state index >= 15 is 0 Å². The fraction of sp³-hybridized carbons (Fsp3) is 0.519. The van der Waals surface area contributed by atoms with Crippen LogP contribution in [0.2, 0.25) is 0 Å². The second-order valence-corrected chi connectivity index (χ2v) is 10.9. The zero-order valence-electron chi connectivity index (χ0n) is 20.9. The van der Waals surface area contributed by atoms with E-state index in [-0.39, 0.29) is 17.7 Å². The molecule has 2 saturated carbocycles. The van der Waals surface area contributed by atoms with Gasteiger partial charge in [0.1, 0.15) is 17.8 Å². The summed E-state index contributed by atoms with van der Waals surface area (Å²) in [5.41, 5.74) is 1.79. The maximum Gasteiger partial charge on any atom is 0.260 e. The summed E-state index contributed by atoms with van der Waals surface area (Å²) in [5, 5.41) is 20.2. The molecule has 10 nitrogen and oxygen atoms in total. The Balaban J connectivity index is 1.29. The molecule has 0 saturated heterocycles. The predicted molar refractivity (Wildman–Crippen MR) is 140 cm³/mol. The molecule has 1 aromatic carbocycles. The summed E-state index contributed by atoms with van der Waals surface area (Å²) < 4.78 is 3.84. The number of nitrogens with one attached hydrogen (secondary N) is 1. The molecule has 2 aliphatic carbocycles. The summed E-state index contributed by atoms with van der Waals surface area (Å²) in [5.74, 6) is 2.26. The first kappa shape index (κ1) is 22.8. The quantitative estimate of drug-likeness (QED) is 0.389. The maximum absolute atomic E-state index is 14.1. The number of benzene rings is 1. The fourth-order valence-corrected chi connectivity index (χ4v) is 5.88. The van der Waals surface area contributed by atoms with Crippen molar-refractivity contribution in [2.24, 2.45) is 5.92 Å². The van der Waals surface area contributed by atoms with Gasteiger partial charge in [0.05, 0.1) is 19.2 Å². The van der Waals surface area contributed by atoms with Crippen molar-refractivity contribution in [3.05, 3.63) is 52.5 Å². The molecule has 3 aromatic heterocycles. The van der Waals surface area contributed by atoms with E-state index in [1.165, 1.54) is 12.8 Å². The number of aliphatic hydroxyl groups excluding tert-OH is 1. The van der Waals surface area contributed by atoms with Gasteiger partial charge < -0.3 is 10.4 Å². The van der Waals surface area contributed by atoms with Gasteiger partial charge in [-0.25, -0.2) is 14.6 Å². The number of pyridine rings is 1. The van der Waals surface area contributed by atoms with Gasteiger partial charge in [0.2, 0.25) is 5.95 Å². The minimum atomic E-state index is -0.286. The van der Waals surface area contributed by atoms with Gasteiger partial charge in [0.25, 0.3) is 5.56 Å². The van der Waals surface area contributed by atoms with Crippen LogP contribution in [0.5, 0.6) is 0 Å². The van der Waals surface area contributed by atoms with Gasteiger partial charge in [-0.15, -0.1) is 0 Å². The standard InChI is InChI=1S/C27H32N8O2/c36-20-6-4-19(5-7-20)35-25-23(13-29-27(32-25)28-12-17-1-2-17)21-8-3-18(11-22(21)26(35)37)14-33-9-10-34-24(15-33)30-16-31-34/h3,8,11,13,16-17,19-20,36H,1-2,4-7,9-10,12,14-15H2,(H,28,29,32)/t19-,20-. The van der Waals surface area contributed by atoms with Crippen molar-refractivity contribution < 1.29 is 5.11 Å². The molecule has 0 amide bonds. The van der Waals surface area contributed by atoms with E-state index in [4.69, 9.17) is 4.98 Å². The summed E-state index contributed by atoms with van der Waals surface area (Å²) in [4.78, 5) is 30.3. The predicted octanol–water partition coefficient (Wildman–Crippen LogP) is 2.85. The number of anilines is 1. The first-order valence-corrected chi connectivity index (χ1v) is 13.5. The molecule has 2 N–H and O–H groups in total. The van der Waals surface area contributed by atoms with E-state index in [1.54, 1.807) is 6.33 Å². The van der Waals surface area contributed by atoms with Gasteiger partial charge in [-0.3, -0.25) is 14.3 Å². The number of aliphatic hydroxyl groups is 1. The smallest absolute Gasteiger partial charge is 0.260 e. The van der Waals surface area contributed by atoms with Crippen LogP contribution in [0.3, 0.4) is 0 Å². The molecule has 0 radical (unpaired) electrons. The average molecular weight is 501 g/mol. The van der Waals surface area contributed by atoms with E-state index < -0.39 is 0 Å². The van der Waals surface area contributed by atoms with Crippen molar-refractivity contribution in [2.75, 3.05) is 18.4 Å². The maximum atomic E-state index is 14.1. The van der Waals surface area contributed by atoms with Crippen LogP contribution in [0.1, 0.15) is 56.0 Å². The zero-order chi connectivity index (χ0) is 24.9. The largest absolute Gasteiger partial charge is 0.393 e. The Bertz CT molecular complexity index is 1520. The third-order valence-corrected chi connectivity index (χ3v) is 8.19. The number of nitrogens with zero attached hydrogens (tertiary/aromatic N) is 7. The summed E-state index contributed by atoms with van der Waals surface area (Å²) >= 11 is 0. The Labute approximate surface area is 214 Å². The molecule has 37 heavy (non-hydrogen) atoms. The lowest BCUT2D eigenvalue weighted by molar-refractivity contribution is 0.111. The summed E-state index contributed by atoms with van der Waals surface area (Å²) in [7, 11) is 0. The molecule has 4 heterocycles. The molecular formula is C27H32N8O2. The highest BCUT2D eigenvalue weighted by atomic mass is 16.3. The Morgan fingerprint density at radius 2 is 1.86 bits per heavy atom. The Kier molecular flexibility index (Phi) is 5.66. The summed E-state index contributed by atoms with van der Waals surface area (Å²) in [6, 6.07) is 6.23. The molecule has 1 aliphatic heterocycles. The molecule has 0 bridgehead atoms. The Morgan fingerprint density at radius 1 is 1.00 bits per heavy atom. The van der Waals surface area contributed by atoms with Crippen LogP contribution in [0.25, 0.3) is 21.8 Å². The van der Waals surface area contributed by atoms with Crippen LogP contribution in [0.4, 0.5) is 5.95 Å². The Hall–Kier alpha value is -3.37. The molecule has 3 aliphatic rings. The number of rotatable bonds is 6. The highest BCUT2D eigenvalue weighted by Gasteiger charge is 2.26. The summed E-state index contributed by atoms with van der Waals surface area (Å²) in [6.07, 6.45) is 8.63. The van der Waals surface area contributed by atoms with Crippen LogP contribution in [-0.2, 0) is 19.6 Å². The average Bonchev–Trinajstić information content (AvgIpc) is 3.63. The second-order valence-electron chi connectivity index (χ2n) is 10.9. The van der Waals surface area contributed by atoms with E-state index in [0.29, 0.717) is 35.7 Å². The molecule has 0 spiro atoms. The minimum Gasteiger partial charge on any atom is -0.393 e. The van der Waals surface area contributed by atoms with Crippen LogP contribution >= 0.6 is 0 Å². The highest BCUT2D eigenvalue weighted by molar-refractivity contribution is 6.04. The zero-order valence-corrected chi connectivity index (χ0v) is 20.9. The molecule has 0 atom stereocenters. The van der Waals surface area contributed by atoms with Crippen molar-refractivity contribution in [1.29, 1.82) is 0 Å². The first-order valence-electron chi connectivity index (χ1n) is 13.5. The molecule has 10 heteroatoms. The number of hydrogen-bond acceptors (Lipinski definition) is 8. The van der Waals surface area contributed by atoms with E-state index in [0.717, 1.165) is 67.7 Å². The van der Waals surface area contributed by atoms with Gasteiger partial charge in [-0.2, -0.15) is 10.1 Å². The van der Waals surface area contributed by atoms with E-state index in [1.807, 2.05) is 21.5 Å².